The molecule has 0 aliphatic carbocycles. The summed E-state index contributed by atoms with van der Waals surface area (Å²) in [5.41, 5.74) is 1.85. The molecule has 0 aliphatic rings. The molecule has 0 amide bonds. The Morgan fingerprint density at radius 2 is 2.05 bits per heavy atom. The Balaban J connectivity index is 2.70. The third-order valence-corrected chi connectivity index (χ3v) is 3.29. The van der Waals surface area contributed by atoms with E-state index in [2.05, 4.69) is 38.2 Å². The van der Waals surface area contributed by atoms with Gasteiger partial charge in [0.1, 0.15) is 0 Å². The fourth-order valence-corrected chi connectivity index (χ4v) is 1.97. The van der Waals surface area contributed by atoms with Crippen molar-refractivity contribution in [1.29, 1.82) is 5.26 Å². The normalized spacial score (nSPS) is 14.1. The summed E-state index contributed by atoms with van der Waals surface area (Å²) < 4.78 is 5.52. The number of nitrogens with zero attached hydrogens (tertiary/aromatic N) is 1. The maximum atomic E-state index is 8.94. The molecular formula is C16H24N2O. The van der Waals surface area contributed by atoms with E-state index in [0.717, 1.165) is 18.8 Å². The van der Waals surface area contributed by atoms with E-state index in [1.807, 2.05) is 25.1 Å². The van der Waals surface area contributed by atoms with Gasteiger partial charge >= 0.3 is 0 Å². The quantitative estimate of drug-likeness (QED) is 0.818. The van der Waals surface area contributed by atoms with Gasteiger partial charge in [0.2, 0.25) is 0 Å². The lowest BCUT2D eigenvalue weighted by atomic mass is 10.0. The van der Waals surface area contributed by atoms with Gasteiger partial charge in [0.15, 0.2) is 0 Å². The molecule has 1 N–H and O–H groups in total. The van der Waals surface area contributed by atoms with Crippen molar-refractivity contribution < 1.29 is 4.74 Å². The molecule has 0 heterocycles. The van der Waals surface area contributed by atoms with E-state index in [9.17, 15) is 0 Å². The Hall–Kier alpha value is -1.37. The van der Waals surface area contributed by atoms with E-state index in [4.69, 9.17) is 10.00 Å². The van der Waals surface area contributed by atoms with E-state index in [1.165, 1.54) is 0 Å². The maximum absolute atomic E-state index is 8.94. The molecule has 0 aliphatic heterocycles. The van der Waals surface area contributed by atoms with Crippen LogP contribution in [-0.2, 0) is 4.74 Å². The zero-order chi connectivity index (χ0) is 14.3. The Morgan fingerprint density at radius 3 is 2.63 bits per heavy atom. The summed E-state index contributed by atoms with van der Waals surface area (Å²) in [7, 11) is 0. The topological polar surface area (TPSA) is 45.0 Å². The van der Waals surface area contributed by atoms with Crippen LogP contribution in [0.5, 0.6) is 0 Å². The smallest absolute Gasteiger partial charge is 0.0991 e. The van der Waals surface area contributed by atoms with E-state index >= 15 is 0 Å². The predicted molar refractivity (Wildman–Crippen MR) is 77.8 cm³/mol. The second-order valence-electron chi connectivity index (χ2n) is 5.14. The molecule has 19 heavy (non-hydrogen) atoms. The third-order valence-electron chi connectivity index (χ3n) is 3.29. The van der Waals surface area contributed by atoms with Crippen LogP contribution in [-0.4, -0.2) is 19.3 Å². The standard InChI is InChI=1S/C16H24N2O/c1-5-19-11-16(12(2)3)18-13(4)15-8-6-7-14(9-15)10-17/h6-9,12-13,16,18H,5,11H2,1-4H3. The van der Waals surface area contributed by atoms with Crippen molar-refractivity contribution in [2.24, 2.45) is 5.92 Å². The Morgan fingerprint density at radius 1 is 1.32 bits per heavy atom. The summed E-state index contributed by atoms with van der Waals surface area (Å²) in [5.74, 6) is 0.508. The molecule has 0 aromatic heterocycles. The van der Waals surface area contributed by atoms with Crippen LogP contribution in [0.4, 0.5) is 0 Å². The zero-order valence-electron chi connectivity index (χ0n) is 12.3. The summed E-state index contributed by atoms with van der Waals surface area (Å²) in [6, 6.07) is 10.5. The van der Waals surface area contributed by atoms with E-state index < -0.39 is 0 Å². The molecule has 104 valence electrons. The molecule has 3 nitrogen and oxygen atoms in total. The molecule has 3 heteroatoms. The molecule has 1 rings (SSSR count). The van der Waals surface area contributed by atoms with E-state index in [-0.39, 0.29) is 6.04 Å². The summed E-state index contributed by atoms with van der Waals surface area (Å²) in [6.07, 6.45) is 0. The number of benzene rings is 1. The Kier molecular flexibility index (Phi) is 6.55. The van der Waals surface area contributed by atoms with Gasteiger partial charge in [-0.3, -0.25) is 0 Å². The van der Waals surface area contributed by atoms with Gasteiger partial charge in [-0.15, -0.1) is 0 Å². The first-order valence-electron chi connectivity index (χ1n) is 6.92. The minimum absolute atomic E-state index is 0.209. The van der Waals surface area contributed by atoms with Gasteiger partial charge in [-0.1, -0.05) is 26.0 Å². The van der Waals surface area contributed by atoms with Crippen molar-refractivity contribution in [3.8, 4) is 6.07 Å². The van der Waals surface area contributed by atoms with Crippen LogP contribution in [0.25, 0.3) is 0 Å². The van der Waals surface area contributed by atoms with Crippen molar-refractivity contribution in [2.45, 2.75) is 39.8 Å². The lowest BCUT2D eigenvalue weighted by Crippen LogP contribution is -2.39. The average Bonchev–Trinajstić information content (AvgIpc) is 2.42. The van der Waals surface area contributed by atoms with Gasteiger partial charge in [-0.05, 0) is 37.5 Å². The van der Waals surface area contributed by atoms with Gasteiger partial charge in [0.25, 0.3) is 0 Å². The van der Waals surface area contributed by atoms with Crippen LogP contribution in [0, 0.1) is 17.2 Å². The lowest BCUT2D eigenvalue weighted by Gasteiger charge is -2.26. The van der Waals surface area contributed by atoms with Gasteiger partial charge in [0, 0.05) is 18.7 Å². The van der Waals surface area contributed by atoms with Crippen LogP contribution in [0.3, 0.4) is 0 Å². The molecule has 1 aromatic carbocycles. The van der Waals surface area contributed by atoms with Crippen molar-refractivity contribution in [3.05, 3.63) is 35.4 Å². The first-order chi connectivity index (χ1) is 9.08. The highest BCUT2D eigenvalue weighted by Crippen LogP contribution is 2.16. The number of hydrogen-bond acceptors (Lipinski definition) is 3. The van der Waals surface area contributed by atoms with Gasteiger partial charge in [-0.25, -0.2) is 0 Å². The number of hydrogen-bond donors (Lipinski definition) is 1. The van der Waals surface area contributed by atoms with Gasteiger partial charge in [-0.2, -0.15) is 5.26 Å². The molecular weight excluding hydrogens is 236 g/mol. The first kappa shape index (κ1) is 15.7. The number of rotatable bonds is 7. The summed E-state index contributed by atoms with van der Waals surface area (Å²) in [5, 5.41) is 12.5. The Bertz CT molecular complexity index is 423. The zero-order valence-corrected chi connectivity index (χ0v) is 12.3. The summed E-state index contributed by atoms with van der Waals surface area (Å²) in [4.78, 5) is 0. The first-order valence-corrected chi connectivity index (χ1v) is 6.92. The third kappa shape index (κ3) is 5.02. The Labute approximate surface area is 116 Å². The highest BCUT2D eigenvalue weighted by atomic mass is 16.5. The van der Waals surface area contributed by atoms with Crippen LogP contribution in [0.15, 0.2) is 24.3 Å². The second-order valence-corrected chi connectivity index (χ2v) is 5.14. The molecule has 1 aromatic rings. The van der Waals surface area contributed by atoms with Crippen LogP contribution >= 0.6 is 0 Å². The molecule has 0 radical (unpaired) electrons. The summed E-state index contributed by atoms with van der Waals surface area (Å²) in [6.45, 7) is 9.97. The lowest BCUT2D eigenvalue weighted by molar-refractivity contribution is 0.104. The molecule has 2 unspecified atom stereocenters. The fraction of sp³-hybridized carbons (Fsp3) is 0.562. The minimum atomic E-state index is 0.209. The maximum Gasteiger partial charge on any atom is 0.0991 e. The van der Waals surface area contributed by atoms with Gasteiger partial charge < -0.3 is 10.1 Å². The average molecular weight is 260 g/mol. The van der Waals surface area contributed by atoms with Gasteiger partial charge in [0.05, 0.1) is 18.2 Å². The molecule has 0 bridgehead atoms. The number of nitriles is 1. The SMILES string of the molecule is CCOCC(NC(C)c1cccc(C#N)c1)C(C)C. The highest BCUT2D eigenvalue weighted by molar-refractivity contribution is 5.34. The van der Waals surface area contributed by atoms with Crippen molar-refractivity contribution in [2.75, 3.05) is 13.2 Å². The van der Waals surface area contributed by atoms with Crippen molar-refractivity contribution in [3.63, 3.8) is 0 Å². The molecule has 0 spiro atoms. The number of nitrogens with one attached hydrogen (secondary N) is 1. The van der Waals surface area contributed by atoms with Crippen LogP contribution < -0.4 is 5.32 Å². The second kappa shape index (κ2) is 7.93. The van der Waals surface area contributed by atoms with E-state index in [0.29, 0.717) is 17.5 Å². The molecule has 0 saturated carbocycles. The van der Waals surface area contributed by atoms with Crippen molar-refractivity contribution >= 4 is 0 Å². The van der Waals surface area contributed by atoms with Crippen LogP contribution in [0.1, 0.15) is 44.9 Å². The minimum Gasteiger partial charge on any atom is -0.380 e. The van der Waals surface area contributed by atoms with E-state index in [1.54, 1.807) is 0 Å². The molecule has 0 saturated heterocycles. The summed E-state index contributed by atoms with van der Waals surface area (Å²) >= 11 is 0. The highest BCUT2D eigenvalue weighted by Gasteiger charge is 2.17. The number of ether oxygens (including phenoxy) is 1. The monoisotopic (exact) mass is 260 g/mol. The van der Waals surface area contributed by atoms with Crippen molar-refractivity contribution in [1.82, 2.24) is 5.32 Å². The molecule has 2 atom stereocenters. The molecule has 0 fully saturated rings. The predicted octanol–water partition coefficient (Wildman–Crippen LogP) is 3.27. The van der Waals surface area contributed by atoms with Crippen LogP contribution in [0.2, 0.25) is 0 Å². The fourth-order valence-electron chi connectivity index (χ4n) is 1.97. The largest absolute Gasteiger partial charge is 0.380 e.